The van der Waals surface area contributed by atoms with Gasteiger partial charge in [-0.3, -0.25) is 9.59 Å². The lowest BCUT2D eigenvalue weighted by molar-refractivity contribution is -0.870. The van der Waals surface area contributed by atoms with Gasteiger partial charge < -0.3 is 28.5 Å². The van der Waals surface area contributed by atoms with Crippen molar-refractivity contribution in [2.75, 3.05) is 47.5 Å². The molecule has 99 heavy (non-hydrogen) atoms. The van der Waals surface area contributed by atoms with Gasteiger partial charge in [0.15, 0.2) is 6.10 Å². The number of quaternary nitrogens is 1. The van der Waals surface area contributed by atoms with Crippen molar-refractivity contribution in [3.8, 4) is 0 Å². The van der Waals surface area contributed by atoms with Crippen LogP contribution in [0.4, 0.5) is 0 Å². The molecule has 0 saturated carbocycles. The zero-order valence-corrected chi connectivity index (χ0v) is 68.0. The second-order valence-corrected chi connectivity index (χ2v) is 32.6. The molecule has 0 bridgehead atoms. The Morgan fingerprint density at radius 1 is 0.263 bits per heavy atom. The van der Waals surface area contributed by atoms with Gasteiger partial charge in [0.05, 0.1) is 34.4 Å². The summed E-state index contributed by atoms with van der Waals surface area (Å²) in [4.78, 5) is 37.8. The van der Waals surface area contributed by atoms with Crippen molar-refractivity contribution in [2.45, 2.75) is 514 Å². The van der Waals surface area contributed by atoms with Crippen LogP contribution >= 0.6 is 0 Å². The highest BCUT2D eigenvalue weighted by molar-refractivity contribution is 5.71. The van der Waals surface area contributed by atoms with Crippen LogP contribution in [0.1, 0.15) is 502 Å². The number of carbonyl (C=O) groups excluding carboxylic acids is 2. The summed E-state index contributed by atoms with van der Waals surface area (Å²) in [5.74, 6) is -1.96. The van der Waals surface area contributed by atoms with Gasteiger partial charge in [-0.2, -0.15) is 0 Å². The highest BCUT2D eigenvalue weighted by atomic mass is 16.7. The summed E-state index contributed by atoms with van der Waals surface area (Å²) >= 11 is 0. The molecule has 0 aromatic rings. The molecule has 0 amide bonds. The van der Waals surface area contributed by atoms with Gasteiger partial charge in [0, 0.05) is 12.8 Å². The number of carbonyl (C=O) groups is 3. The summed E-state index contributed by atoms with van der Waals surface area (Å²) in [5, 5.41) is 9.79. The Kier molecular flexibility index (Phi) is 80.5. The molecule has 0 aromatic heterocycles. The molecule has 0 heterocycles. The molecule has 0 aliphatic heterocycles. The average molecular weight is 1400 g/mol. The van der Waals surface area contributed by atoms with Gasteiger partial charge >= 0.3 is 17.9 Å². The SMILES string of the molecule is CCCCCCCCCCCCCCCCCCCCCCCCCCCCCCCCCCCCCCCCC(=O)OC(COC(=O)CCCCCCCCCCCCCCCCCCCCCCCCCCCCCCCCCCCCCC)COC(OCC[N+](C)(C)C)C(=O)O. The predicted octanol–water partition coefficient (Wildman–Crippen LogP) is 29.3. The third-order valence-corrected chi connectivity index (χ3v) is 21.4. The molecule has 0 aliphatic rings. The number of ether oxygens (including phenoxy) is 4. The first-order valence-electron chi connectivity index (χ1n) is 45.2. The van der Waals surface area contributed by atoms with Gasteiger partial charge in [0.25, 0.3) is 6.29 Å². The van der Waals surface area contributed by atoms with Crippen molar-refractivity contribution in [3.63, 3.8) is 0 Å². The van der Waals surface area contributed by atoms with E-state index in [0.29, 0.717) is 17.4 Å². The first kappa shape index (κ1) is 97.3. The quantitative estimate of drug-likeness (QED) is 0.0278. The molecule has 0 aromatic carbocycles. The minimum atomic E-state index is -1.51. The highest BCUT2D eigenvalue weighted by Crippen LogP contribution is 2.22. The molecule has 1 N–H and O–H groups in total. The van der Waals surface area contributed by atoms with Crippen LogP contribution in [-0.2, 0) is 33.3 Å². The van der Waals surface area contributed by atoms with E-state index in [-0.39, 0.29) is 38.2 Å². The molecule has 9 nitrogen and oxygen atoms in total. The number of hydrogen-bond acceptors (Lipinski definition) is 7. The largest absolute Gasteiger partial charge is 0.477 e. The summed E-state index contributed by atoms with van der Waals surface area (Å²) in [6, 6.07) is 0. The van der Waals surface area contributed by atoms with Crippen molar-refractivity contribution in [1.82, 2.24) is 0 Å². The van der Waals surface area contributed by atoms with Gasteiger partial charge in [-0.15, -0.1) is 0 Å². The fraction of sp³-hybridized carbons (Fsp3) is 0.967. The van der Waals surface area contributed by atoms with Crippen LogP contribution < -0.4 is 0 Å². The fourth-order valence-electron chi connectivity index (χ4n) is 14.5. The van der Waals surface area contributed by atoms with E-state index in [1.807, 2.05) is 21.1 Å². The first-order valence-corrected chi connectivity index (χ1v) is 45.2. The molecule has 0 radical (unpaired) electrons. The maximum Gasteiger partial charge on any atom is 0.361 e. The molecule has 0 spiro atoms. The molecule has 2 unspecified atom stereocenters. The van der Waals surface area contributed by atoms with Crippen LogP contribution in [0.5, 0.6) is 0 Å². The van der Waals surface area contributed by atoms with Gasteiger partial charge in [0.1, 0.15) is 13.2 Å². The lowest BCUT2D eigenvalue weighted by Crippen LogP contribution is -2.40. The number of carboxylic acids is 1. The van der Waals surface area contributed by atoms with E-state index >= 15 is 0 Å². The van der Waals surface area contributed by atoms with Crippen molar-refractivity contribution in [1.29, 1.82) is 0 Å². The third kappa shape index (κ3) is 83.4. The molecule has 0 rings (SSSR count). The highest BCUT2D eigenvalue weighted by Gasteiger charge is 2.25. The minimum Gasteiger partial charge on any atom is -0.477 e. The Morgan fingerprint density at radius 2 is 0.455 bits per heavy atom. The minimum absolute atomic E-state index is 0.171. The molecule has 0 aliphatic carbocycles. The maximum atomic E-state index is 13.0. The second kappa shape index (κ2) is 82.0. The van der Waals surface area contributed by atoms with Crippen molar-refractivity contribution >= 4 is 17.9 Å². The topological polar surface area (TPSA) is 108 Å². The summed E-state index contributed by atoms with van der Waals surface area (Å²) in [6.07, 6.45) is 100. The monoisotopic (exact) mass is 1400 g/mol. The van der Waals surface area contributed by atoms with E-state index in [1.165, 1.54) is 437 Å². The third-order valence-electron chi connectivity index (χ3n) is 21.4. The van der Waals surface area contributed by atoms with Crippen LogP contribution in [0.25, 0.3) is 0 Å². The Hall–Kier alpha value is -1.71. The van der Waals surface area contributed by atoms with Crippen LogP contribution in [-0.4, -0.2) is 87.4 Å². The number of nitrogens with zero attached hydrogens (tertiary/aromatic N) is 1. The normalized spacial score (nSPS) is 12.5. The van der Waals surface area contributed by atoms with Crippen LogP contribution in [0, 0.1) is 0 Å². The molecule has 590 valence electrons. The second-order valence-electron chi connectivity index (χ2n) is 32.6. The zero-order valence-electron chi connectivity index (χ0n) is 68.0. The van der Waals surface area contributed by atoms with Gasteiger partial charge in [-0.05, 0) is 12.8 Å². The summed E-state index contributed by atoms with van der Waals surface area (Å²) in [7, 11) is 6.01. The average Bonchev–Trinajstić information content (AvgIpc) is 1.61. The number of aliphatic carboxylic acids is 1. The smallest absolute Gasteiger partial charge is 0.361 e. The Labute approximate surface area is 619 Å². The van der Waals surface area contributed by atoms with Crippen molar-refractivity contribution in [2.24, 2.45) is 0 Å². The number of likely N-dealkylation sites (N-methyl/N-ethyl adjacent to an activating group) is 1. The van der Waals surface area contributed by atoms with Gasteiger partial charge in [-0.1, -0.05) is 476 Å². The Bertz CT molecular complexity index is 1580. The predicted molar refractivity (Wildman–Crippen MR) is 429 cm³/mol. The standard InChI is InChI=1S/C90H177NO8/c1-6-8-10-12-14-16-18-20-22-24-26-28-30-32-34-36-38-40-42-44-45-47-49-51-53-55-57-59-61-63-65-67-69-71-73-75-77-79-81-88(93)99-86(85-98-90(89(94)95)96-83-82-91(3,4)5)84-97-87(92)80-78-76-74-72-70-68-66-64-62-60-58-56-54-52-50-48-46-43-41-39-37-35-33-31-29-27-25-23-21-19-17-15-13-11-9-7-2/h86,90H,6-85H2,1-5H3/p+1. The van der Waals surface area contributed by atoms with Crippen LogP contribution in [0.15, 0.2) is 0 Å². The molecule has 2 atom stereocenters. The van der Waals surface area contributed by atoms with E-state index in [0.717, 1.165) is 38.5 Å². The molecule has 9 heteroatoms. The molecule has 0 fully saturated rings. The van der Waals surface area contributed by atoms with E-state index in [1.54, 1.807) is 0 Å². The first-order chi connectivity index (χ1) is 48.6. The summed E-state index contributed by atoms with van der Waals surface area (Å²) < 4.78 is 23.1. The van der Waals surface area contributed by atoms with Crippen LogP contribution in [0.3, 0.4) is 0 Å². The number of esters is 2. The lowest BCUT2D eigenvalue weighted by Gasteiger charge is -2.25. The number of rotatable bonds is 87. The maximum absolute atomic E-state index is 13.0. The van der Waals surface area contributed by atoms with E-state index in [2.05, 4.69) is 13.8 Å². The van der Waals surface area contributed by atoms with Gasteiger partial charge in [-0.25, -0.2) is 4.79 Å². The molecular weight excluding hydrogens is 1220 g/mol. The fourth-order valence-corrected chi connectivity index (χ4v) is 14.5. The van der Waals surface area contributed by atoms with E-state index in [9.17, 15) is 19.5 Å². The number of carboxylic acid groups (broad SMARTS) is 1. The van der Waals surface area contributed by atoms with E-state index in [4.69, 9.17) is 18.9 Å². The number of unbranched alkanes of at least 4 members (excludes halogenated alkanes) is 72. The van der Waals surface area contributed by atoms with Gasteiger partial charge in [0.2, 0.25) is 0 Å². The zero-order chi connectivity index (χ0) is 71.8. The number of hydrogen-bond donors (Lipinski definition) is 1. The molecular formula is C90H178NO8+. The van der Waals surface area contributed by atoms with Crippen molar-refractivity contribution < 1.29 is 42.9 Å². The van der Waals surface area contributed by atoms with Crippen LogP contribution in [0.2, 0.25) is 0 Å². The Morgan fingerprint density at radius 3 is 0.646 bits per heavy atom. The lowest BCUT2D eigenvalue weighted by atomic mass is 10.0. The van der Waals surface area contributed by atoms with Crippen molar-refractivity contribution in [3.05, 3.63) is 0 Å². The summed E-state index contributed by atoms with van der Waals surface area (Å²) in [6.45, 7) is 5.00. The van der Waals surface area contributed by atoms with E-state index < -0.39 is 18.4 Å². The molecule has 0 saturated heterocycles. The summed E-state index contributed by atoms with van der Waals surface area (Å²) in [5.41, 5.74) is 0. The Balaban J connectivity index is 3.87.